The third-order valence-corrected chi connectivity index (χ3v) is 4.48. The van der Waals surface area contributed by atoms with Gasteiger partial charge in [0.25, 0.3) is 0 Å². The van der Waals surface area contributed by atoms with Gasteiger partial charge in [0.2, 0.25) is 10.0 Å². The fourth-order valence-electron chi connectivity index (χ4n) is 1.40. The normalized spacial score (nSPS) is 15.9. The number of rotatable bonds is 4. The molecule has 0 bridgehead atoms. The Kier molecular flexibility index (Phi) is 3.40. The summed E-state index contributed by atoms with van der Waals surface area (Å²) >= 11 is 2.82. The highest BCUT2D eigenvalue weighted by atomic mass is 79.9. The number of benzene rings is 1. The first-order valence-electron chi connectivity index (χ1n) is 5.02. The highest BCUT2D eigenvalue weighted by molar-refractivity contribution is 9.10. The van der Waals surface area contributed by atoms with Crippen molar-refractivity contribution in [2.45, 2.75) is 12.8 Å². The molecule has 1 saturated carbocycles. The van der Waals surface area contributed by atoms with E-state index in [1.807, 2.05) is 0 Å². The van der Waals surface area contributed by atoms with Gasteiger partial charge in [-0.3, -0.25) is 4.72 Å². The first-order valence-corrected chi connectivity index (χ1v) is 7.47. The van der Waals surface area contributed by atoms with Gasteiger partial charge in [-0.25, -0.2) is 17.2 Å². The molecule has 0 heterocycles. The van der Waals surface area contributed by atoms with Crippen LogP contribution in [0.15, 0.2) is 16.6 Å². The van der Waals surface area contributed by atoms with Gasteiger partial charge in [-0.2, -0.15) is 0 Å². The predicted octanol–water partition coefficient (Wildman–Crippen LogP) is 2.88. The van der Waals surface area contributed by atoms with Gasteiger partial charge in [0.1, 0.15) is 11.6 Å². The molecule has 1 aliphatic carbocycles. The van der Waals surface area contributed by atoms with E-state index in [4.69, 9.17) is 0 Å². The lowest BCUT2D eigenvalue weighted by atomic mass is 10.3. The maximum absolute atomic E-state index is 13.4. The Morgan fingerprint density at radius 2 is 1.94 bits per heavy atom. The lowest BCUT2D eigenvalue weighted by Crippen LogP contribution is -2.18. The second kappa shape index (κ2) is 4.53. The molecule has 1 aromatic carbocycles. The Bertz CT molecular complexity index is 543. The van der Waals surface area contributed by atoms with Crippen LogP contribution in [0.2, 0.25) is 0 Å². The summed E-state index contributed by atoms with van der Waals surface area (Å²) in [6.45, 7) is 0. The molecule has 0 radical (unpaired) electrons. The molecule has 3 nitrogen and oxygen atoms in total. The Morgan fingerprint density at radius 1 is 1.29 bits per heavy atom. The van der Waals surface area contributed by atoms with E-state index >= 15 is 0 Å². The van der Waals surface area contributed by atoms with Crippen molar-refractivity contribution in [2.75, 3.05) is 10.5 Å². The summed E-state index contributed by atoms with van der Waals surface area (Å²) in [5, 5.41) is 0. The molecule has 0 aromatic heterocycles. The molecule has 1 N–H and O–H groups in total. The van der Waals surface area contributed by atoms with E-state index < -0.39 is 21.7 Å². The minimum absolute atomic E-state index is 0.0376. The van der Waals surface area contributed by atoms with Crippen LogP contribution in [-0.2, 0) is 10.0 Å². The van der Waals surface area contributed by atoms with E-state index in [9.17, 15) is 17.2 Å². The summed E-state index contributed by atoms with van der Waals surface area (Å²) in [5.41, 5.74) is -0.355. The van der Waals surface area contributed by atoms with Crippen molar-refractivity contribution in [3.05, 3.63) is 28.2 Å². The van der Waals surface area contributed by atoms with Crippen molar-refractivity contribution in [2.24, 2.45) is 5.92 Å². The van der Waals surface area contributed by atoms with E-state index in [2.05, 4.69) is 20.7 Å². The Hall–Kier alpha value is -0.690. The number of sulfonamides is 1. The Balaban J connectivity index is 2.20. The SMILES string of the molecule is O=S(=O)(CC1CC1)Nc1cc(F)c(Br)cc1F. The summed E-state index contributed by atoms with van der Waals surface area (Å²) in [5.74, 6) is -1.41. The van der Waals surface area contributed by atoms with Crippen LogP contribution < -0.4 is 4.72 Å². The predicted molar refractivity (Wildman–Crippen MR) is 64.2 cm³/mol. The minimum Gasteiger partial charge on any atom is -0.280 e. The van der Waals surface area contributed by atoms with Gasteiger partial charge in [0, 0.05) is 6.07 Å². The van der Waals surface area contributed by atoms with Gasteiger partial charge in [-0.1, -0.05) is 0 Å². The van der Waals surface area contributed by atoms with Crippen molar-refractivity contribution < 1.29 is 17.2 Å². The van der Waals surface area contributed by atoms with E-state index in [-0.39, 0.29) is 21.8 Å². The largest absolute Gasteiger partial charge is 0.280 e. The van der Waals surface area contributed by atoms with Crippen molar-refractivity contribution in [1.29, 1.82) is 0 Å². The van der Waals surface area contributed by atoms with Crippen LogP contribution in [0.1, 0.15) is 12.8 Å². The van der Waals surface area contributed by atoms with Gasteiger partial charge in [-0.15, -0.1) is 0 Å². The molecule has 0 aliphatic heterocycles. The van der Waals surface area contributed by atoms with Crippen LogP contribution >= 0.6 is 15.9 Å². The molecule has 17 heavy (non-hydrogen) atoms. The molecule has 94 valence electrons. The molecule has 1 aliphatic rings. The Labute approximate surface area is 106 Å². The summed E-state index contributed by atoms with van der Waals surface area (Å²) in [6, 6.07) is 1.72. The highest BCUT2D eigenvalue weighted by Crippen LogP contribution is 2.31. The van der Waals surface area contributed by atoms with Crippen LogP contribution in [0.25, 0.3) is 0 Å². The molecule has 2 rings (SSSR count). The molecule has 0 spiro atoms. The van der Waals surface area contributed by atoms with Gasteiger partial charge in [0.05, 0.1) is 15.9 Å². The average molecular weight is 326 g/mol. The molecular weight excluding hydrogens is 316 g/mol. The summed E-state index contributed by atoms with van der Waals surface area (Å²) in [6.07, 6.45) is 1.75. The van der Waals surface area contributed by atoms with Crippen molar-refractivity contribution >= 4 is 31.6 Å². The number of nitrogens with one attached hydrogen (secondary N) is 1. The summed E-state index contributed by atoms with van der Waals surface area (Å²) < 4.78 is 51.7. The number of hydrogen-bond donors (Lipinski definition) is 1. The number of halogens is 3. The highest BCUT2D eigenvalue weighted by Gasteiger charge is 2.28. The topological polar surface area (TPSA) is 46.2 Å². The third-order valence-electron chi connectivity index (χ3n) is 2.43. The van der Waals surface area contributed by atoms with Gasteiger partial charge >= 0.3 is 0 Å². The molecule has 0 amide bonds. The molecule has 1 aromatic rings. The average Bonchev–Trinajstić information content (AvgIpc) is 2.96. The minimum atomic E-state index is -3.60. The third kappa shape index (κ3) is 3.38. The number of hydrogen-bond acceptors (Lipinski definition) is 2. The fraction of sp³-hybridized carbons (Fsp3) is 0.400. The van der Waals surface area contributed by atoms with E-state index in [1.54, 1.807) is 0 Å². The van der Waals surface area contributed by atoms with Crippen molar-refractivity contribution in [3.8, 4) is 0 Å². The monoisotopic (exact) mass is 325 g/mol. The number of anilines is 1. The van der Waals surface area contributed by atoms with Gasteiger partial charge in [0.15, 0.2) is 0 Å². The van der Waals surface area contributed by atoms with Crippen LogP contribution in [-0.4, -0.2) is 14.2 Å². The summed E-state index contributed by atoms with van der Waals surface area (Å²) in [4.78, 5) is 0. The first kappa shape index (κ1) is 12.8. The van der Waals surface area contributed by atoms with Crippen LogP contribution in [0.3, 0.4) is 0 Å². The smallest absolute Gasteiger partial charge is 0.233 e. The van der Waals surface area contributed by atoms with Crippen LogP contribution in [0, 0.1) is 17.6 Å². The molecule has 0 atom stereocenters. The maximum atomic E-state index is 13.4. The van der Waals surface area contributed by atoms with Gasteiger partial charge < -0.3 is 0 Å². The zero-order valence-electron chi connectivity index (χ0n) is 8.71. The fourth-order valence-corrected chi connectivity index (χ4v) is 3.25. The lowest BCUT2D eigenvalue weighted by molar-refractivity contribution is 0.590. The lowest BCUT2D eigenvalue weighted by Gasteiger charge is -2.09. The molecular formula is C10H10BrF2NO2S. The van der Waals surface area contributed by atoms with Crippen molar-refractivity contribution in [1.82, 2.24) is 0 Å². The van der Waals surface area contributed by atoms with Crippen molar-refractivity contribution in [3.63, 3.8) is 0 Å². The maximum Gasteiger partial charge on any atom is 0.233 e. The Morgan fingerprint density at radius 3 is 2.53 bits per heavy atom. The first-order chi connectivity index (χ1) is 7.87. The zero-order valence-corrected chi connectivity index (χ0v) is 11.1. The van der Waals surface area contributed by atoms with E-state index in [1.165, 1.54) is 0 Å². The molecule has 0 unspecified atom stereocenters. The van der Waals surface area contributed by atoms with E-state index in [0.29, 0.717) is 0 Å². The summed E-state index contributed by atoms with van der Waals surface area (Å²) in [7, 11) is -3.60. The van der Waals surface area contributed by atoms with Gasteiger partial charge in [-0.05, 0) is 40.8 Å². The van der Waals surface area contributed by atoms with E-state index in [0.717, 1.165) is 25.0 Å². The second-order valence-electron chi connectivity index (χ2n) is 4.07. The van der Waals surface area contributed by atoms with Crippen LogP contribution in [0.5, 0.6) is 0 Å². The quantitative estimate of drug-likeness (QED) is 0.865. The second-order valence-corrected chi connectivity index (χ2v) is 6.69. The molecule has 0 saturated heterocycles. The zero-order chi connectivity index (χ0) is 12.6. The molecule has 7 heteroatoms. The standard InChI is InChI=1S/C10H10BrF2NO2S/c11-7-3-9(13)10(4-8(7)12)14-17(15,16)5-6-1-2-6/h3-4,6,14H,1-2,5H2. The van der Waals surface area contributed by atoms with Crippen LogP contribution in [0.4, 0.5) is 14.5 Å². The molecule has 1 fully saturated rings.